The molecule has 0 spiro atoms. The molecule has 5 heteroatoms. The molecule has 1 amide bonds. The third-order valence-corrected chi connectivity index (χ3v) is 4.16. The molecule has 0 aliphatic carbocycles. The van der Waals surface area contributed by atoms with Crippen molar-refractivity contribution in [1.29, 1.82) is 5.26 Å². The fraction of sp³-hybridized carbons (Fsp3) is 0.273. The molecule has 140 valence electrons. The van der Waals surface area contributed by atoms with Gasteiger partial charge in [0.25, 0.3) is 5.91 Å². The lowest BCUT2D eigenvalue weighted by atomic mass is 10.1. The molecule has 3 N–H and O–H groups in total. The van der Waals surface area contributed by atoms with Gasteiger partial charge in [0.15, 0.2) is 0 Å². The van der Waals surface area contributed by atoms with E-state index >= 15 is 0 Å². The summed E-state index contributed by atoms with van der Waals surface area (Å²) in [5.41, 5.74) is 3.13. The highest BCUT2D eigenvalue weighted by Crippen LogP contribution is 2.12. The number of nitriles is 1. The Morgan fingerprint density at radius 2 is 1.70 bits per heavy atom. The van der Waals surface area contributed by atoms with Gasteiger partial charge < -0.3 is 15.7 Å². The Balaban J connectivity index is 1.84. The second-order valence-electron chi connectivity index (χ2n) is 6.29. The molecule has 0 aliphatic heterocycles. The van der Waals surface area contributed by atoms with E-state index in [0.29, 0.717) is 13.0 Å². The number of nitrogens with one attached hydrogen (secondary N) is 2. The van der Waals surface area contributed by atoms with E-state index in [1.165, 1.54) is 11.8 Å². The van der Waals surface area contributed by atoms with Crippen molar-refractivity contribution in [3.05, 3.63) is 71.4 Å². The molecule has 2 aromatic rings. The normalized spacial score (nSPS) is 10.9. The number of hydrogen-bond donors (Lipinski definition) is 3. The summed E-state index contributed by atoms with van der Waals surface area (Å²) >= 11 is 0. The lowest BCUT2D eigenvalue weighted by molar-refractivity contribution is -0.117. The van der Waals surface area contributed by atoms with E-state index in [-0.39, 0.29) is 11.3 Å². The number of nitrogens with zero attached hydrogens (tertiary/aromatic N) is 1. The molecule has 0 saturated carbocycles. The summed E-state index contributed by atoms with van der Waals surface area (Å²) in [4.78, 5) is 12.1. The van der Waals surface area contributed by atoms with Crippen LogP contribution in [0.5, 0.6) is 5.75 Å². The minimum Gasteiger partial charge on any atom is -0.508 e. The molecule has 0 aliphatic rings. The summed E-state index contributed by atoms with van der Waals surface area (Å²) in [7, 11) is 0. The van der Waals surface area contributed by atoms with Gasteiger partial charge in [0, 0.05) is 18.4 Å². The van der Waals surface area contributed by atoms with Gasteiger partial charge in [0.2, 0.25) is 0 Å². The summed E-state index contributed by atoms with van der Waals surface area (Å²) in [5.74, 6) is -0.203. The second kappa shape index (κ2) is 10.7. The fourth-order valence-electron chi connectivity index (χ4n) is 2.53. The quantitative estimate of drug-likeness (QED) is 0.466. The van der Waals surface area contributed by atoms with Crippen LogP contribution in [0.4, 0.5) is 5.69 Å². The van der Waals surface area contributed by atoms with Crippen LogP contribution in [0.25, 0.3) is 0 Å². The fourth-order valence-corrected chi connectivity index (χ4v) is 2.53. The molecular weight excluding hydrogens is 338 g/mol. The molecule has 0 heterocycles. The van der Waals surface area contributed by atoms with Crippen molar-refractivity contribution in [1.82, 2.24) is 5.32 Å². The SMILES string of the molecule is CCCCc1ccc(N/C=C(/C#N)C(=O)NCCc2ccc(O)cc2)cc1. The average Bonchev–Trinajstić information content (AvgIpc) is 2.69. The second-order valence-corrected chi connectivity index (χ2v) is 6.29. The number of phenols is 1. The topological polar surface area (TPSA) is 85.2 Å². The van der Waals surface area contributed by atoms with Crippen molar-refractivity contribution in [2.24, 2.45) is 0 Å². The Morgan fingerprint density at radius 3 is 2.33 bits per heavy atom. The molecule has 2 rings (SSSR count). The molecule has 0 aromatic heterocycles. The van der Waals surface area contributed by atoms with Gasteiger partial charge in [-0.05, 0) is 54.7 Å². The van der Waals surface area contributed by atoms with Crippen LogP contribution in [0.3, 0.4) is 0 Å². The highest BCUT2D eigenvalue weighted by molar-refractivity contribution is 5.97. The Morgan fingerprint density at radius 1 is 1.07 bits per heavy atom. The van der Waals surface area contributed by atoms with E-state index in [1.807, 2.05) is 18.2 Å². The zero-order valence-corrected chi connectivity index (χ0v) is 15.5. The van der Waals surface area contributed by atoms with Crippen LogP contribution in [0.2, 0.25) is 0 Å². The monoisotopic (exact) mass is 363 g/mol. The predicted molar refractivity (Wildman–Crippen MR) is 107 cm³/mol. The van der Waals surface area contributed by atoms with Crippen molar-refractivity contribution < 1.29 is 9.90 Å². The van der Waals surface area contributed by atoms with Crippen LogP contribution < -0.4 is 10.6 Å². The smallest absolute Gasteiger partial charge is 0.263 e. The first-order valence-electron chi connectivity index (χ1n) is 9.14. The Kier molecular flexibility index (Phi) is 7.92. The summed E-state index contributed by atoms with van der Waals surface area (Å²) < 4.78 is 0. The average molecular weight is 363 g/mol. The Hall–Kier alpha value is -3.26. The molecule has 0 atom stereocenters. The van der Waals surface area contributed by atoms with E-state index in [4.69, 9.17) is 0 Å². The molecule has 0 bridgehead atoms. The van der Waals surface area contributed by atoms with Gasteiger partial charge in [-0.25, -0.2) is 0 Å². The van der Waals surface area contributed by atoms with E-state index < -0.39 is 5.91 Å². The van der Waals surface area contributed by atoms with Gasteiger partial charge in [-0.3, -0.25) is 4.79 Å². The van der Waals surface area contributed by atoms with Crippen molar-refractivity contribution >= 4 is 11.6 Å². The number of rotatable bonds is 9. The number of aromatic hydroxyl groups is 1. The van der Waals surface area contributed by atoms with Crippen LogP contribution >= 0.6 is 0 Å². The van der Waals surface area contributed by atoms with E-state index in [9.17, 15) is 15.2 Å². The van der Waals surface area contributed by atoms with Crippen LogP contribution in [-0.4, -0.2) is 17.6 Å². The highest BCUT2D eigenvalue weighted by atomic mass is 16.3. The summed E-state index contributed by atoms with van der Waals surface area (Å²) in [5, 5.41) is 24.2. The van der Waals surface area contributed by atoms with Crippen LogP contribution in [0.15, 0.2) is 60.3 Å². The summed E-state index contributed by atoms with van der Waals surface area (Å²) in [6.45, 7) is 2.58. The number of aryl methyl sites for hydroxylation is 1. The standard InChI is InChI=1S/C22H25N3O2/c1-2-3-4-17-5-9-20(10-6-17)25-16-19(15-23)22(27)24-14-13-18-7-11-21(26)12-8-18/h5-12,16,25-26H,2-4,13-14H2,1H3,(H,24,27)/b19-16-. The highest BCUT2D eigenvalue weighted by Gasteiger charge is 2.08. The predicted octanol–water partition coefficient (Wildman–Crippen LogP) is 3.91. The summed E-state index contributed by atoms with van der Waals surface area (Å²) in [6, 6.07) is 16.7. The minimum atomic E-state index is -0.414. The van der Waals surface area contributed by atoms with Gasteiger partial charge in [-0.2, -0.15) is 5.26 Å². The van der Waals surface area contributed by atoms with Gasteiger partial charge in [0.1, 0.15) is 17.4 Å². The maximum Gasteiger partial charge on any atom is 0.263 e. The largest absolute Gasteiger partial charge is 0.508 e. The number of carbonyl (C=O) groups is 1. The number of carbonyl (C=O) groups excluding carboxylic acids is 1. The number of anilines is 1. The zero-order chi connectivity index (χ0) is 19.5. The molecule has 2 aromatic carbocycles. The third-order valence-electron chi connectivity index (χ3n) is 4.16. The number of unbranched alkanes of at least 4 members (excludes halogenated alkanes) is 1. The van der Waals surface area contributed by atoms with Gasteiger partial charge in [0.05, 0.1) is 0 Å². The maximum absolute atomic E-state index is 12.1. The van der Waals surface area contributed by atoms with E-state index in [0.717, 1.165) is 30.5 Å². The maximum atomic E-state index is 12.1. The van der Waals surface area contributed by atoms with E-state index in [2.05, 4.69) is 29.7 Å². The van der Waals surface area contributed by atoms with Crippen LogP contribution in [-0.2, 0) is 17.6 Å². The molecule has 5 nitrogen and oxygen atoms in total. The zero-order valence-electron chi connectivity index (χ0n) is 15.5. The minimum absolute atomic E-state index is 0.0239. The first-order chi connectivity index (χ1) is 13.1. The molecule has 27 heavy (non-hydrogen) atoms. The molecule has 0 fully saturated rings. The number of benzene rings is 2. The Bertz CT molecular complexity index is 803. The first-order valence-corrected chi connectivity index (χ1v) is 9.14. The van der Waals surface area contributed by atoms with Gasteiger partial charge in [-0.1, -0.05) is 37.6 Å². The van der Waals surface area contributed by atoms with Gasteiger partial charge in [-0.15, -0.1) is 0 Å². The van der Waals surface area contributed by atoms with Crippen LogP contribution in [0, 0.1) is 11.3 Å². The summed E-state index contributed by atoms with van der Waals surface area (Å²) in [6.07, 6.45) is 5.43. The number of phenolic OH excluding ortho intramolecular Hbond substituents is 1. The van der Waals surface area contributed by atoms with Crippen molar-refractivity contribution in [3.8, 4) is 11.8 Å². The molecular formula is C22H25N3O2. The lowest BCUT2D eigenvalue weighted by Gasteiger charge is -2.06. The van der Waals surface area contributed by atoms with Gasteiger partial charge >= 0.3 is 0 Å². The number of amides is 1. The molecule has 0 unspecified atom stereocenters. The third kappa shape index (κ3) is 6.87. The number of hydrogen-bond acceptors (Lipinski definition) is 4. The van der Waals surface area contributed by atoms with E-state index in [1.54, 1.807) is 24.3 Å². The van der Waals surface area contributed by atoms with Crippen molar-refractivity contribution in [3.63, 3.8) is 0 Å². The molecule has 0 saturated heterocycles. The van der Waals surface area contributed by atoms with Crippen molar-refractivity contribution in [2.75, 3.05) is 11.9 Å². The Labute approximate surface area is 160 Å². The first kappa shape index (κ1) is 20.1. The van der Waals surface area contributed by atoms with Crippen LogP contribution in [0.1, 0.15) is 30.9 Å². The van der Waals surface area contributed by atoms with Crippen molar-refractivity contribution in [2.45, 2.75) is 32.6 Å². The molecule has 0 radical (unpaired) electrons. The lowest BCUT2D eigenvalue weighted by Crippen LogP contribution is -2.27.